The van der Waals surface area contributed by atoms with Crippen molar-refractivity contribution in [1.82, 2.24) is 4.90 Å². The standard InChI is InChI=1S/C31H33N3O5/c1-32(31(37)39-21-22-8-4-3-5-9-22)28-20-25(38-2)13-14-26(28)30(36)33-18-16-24(17-19-33)34-27-11-7-6-10-23(27)12-15-29(34)35/h3-11,13-14,20,24H,12,15-19,21H2,1-2H3. The smallest absolute Gasteiger partial charge is 0.414 e. The van der Waals surface area contributed by atoms with Crippen LogP contribution in [-0.4, -0.2) is 56.1 Å². The van der Waals surface area contributed by atoms with Crippen molar-refractivity contribution >= 4 is 29.3 Å². The van der Waals surface area contributed by atoms with Crippen molar-refractivity contribution in [3.63, 3.8) is 0 Å². The van der Waals surface area contributed by atoms with E-state index in [4.69, 9.17) is 9.47 Å². The molecule has 1 fully saturated rings. The van der Waals surface area contributed by atoms with Crippen molar-refractivity contribution < 1.29 is 23.9 Å². The molecular formula is C31H33N3O5. The zero-order valence-corrected chi connectivity index (χ0v) is 22.3. The van der Waals surface area contributed by atoms with Gasteiger partial charge in [0.05, 0.1) is 18.4 Å². The minimum absolute atomic E-state index is 0.0500. The summed E-state index contributed by atoms with van der Waals surface area (Å²) in [5.41, 5.74) is 3.87. The zero-order valence-electron chi connectivity index (χ0n) is 22.3. The SMILES string of the molecule is COc1ccc(C(=O)N2CCC(N3C(=O)CCc4ccccc43)CC2)c(N(C)C(=O)OCc2ccccc2)c1. The maximum absolute atomic E-state index is 13.7. The molecular weight excluding hydrogens is 494 g/mol. The Hall–Kier alpha value is -4.33. The lowest BCUT2D eigenvalue weighted by Crippen LogP contribution is -2.50. The summed E-state index contributed by atoms with van der Waals surface area (Å²) in [5, 5.41) is 0. The summed E-state index contributed by atoms with van der Waals surface area (Å²) in [5.74, 6) is 0.510. The maximum atomic E-state index is 13.7. The Labute approximate surface area is 228 Å². The molecule has 1 saturated heterocycles. The molecule has 2 heterocycles. The van der Waals surface area contributed by atoms with Crippen LogP contribution in [0.25, 0.3) is 0 Å². The van der Waals surface area contributed by atoms with Gasteiger partial charge in [-0.2, -0.15) is 0 Å². The third-order valence-corrected chi connectivity index (χ3v) is 7.52. The van der Waals surface area contributed by atoms with Crippen LogP contribution in [0.1, 0.15) is 40.7 Å². The number of nitrogens with zero attached hydrogens (tertiary/aromatic N) is 3. The van der Waals surface area contributed by atoms with Crippen LogP contribution in [0, 0.1) is 0 Å². The van der Waals surface area contributed by atoms with Crippen molar-refractivity contribution in [3.8, 4) is 5.75 Å². The Morgan fingerprint density at radius 3 is 2.41 bits per heavy atom. The molecule has 2 aliphatic rings. The van der Waals surface area contributed by atoms with Crippen molar-refractivity contribution in [2.75, 3.05) is 37.0 Å². The van der Waals surface area contributed by atoms with Gasteiger partial charge < -0.3 is 19.3 Å². The molecule has 5 rings (SSSR count). The molecule has 0 saturated carbocycles. The van der Waals surface area contributed by atoms with Gasteiger partial charge in [0.25, 0.3) is 5.91 Å². The third kappa shape index (κ3) is 5.60. The van der Waals surface area contributed by atoms with Crippen molar-refractivity contribution in [2.45, 2.75) is 38.3 Å². The summed E-state index contributed by atoms with van der Waals surface area (Å²) in [4.78, 5) is 44.6. The molecule has 0 aliphatic carbocycles. The summed E-state index contributed by atoms with van der Waals surface area (Å²) in [7, 11) is 3.13. The van der Waals surface area contributed by atoms with Gasteiger partial charge in [0.2, 0.25) is 5.91 Å². The summed E-state index contributed by atoms with van der Waals surface area (Å²) in [6.45, 7) is 1.16. The fourth-order valence-electron chi connectivity index (χ4n) is 5.36. The zero-order chi connectivity index (χ0) is 27.4. The van der Waals surface area contributed by atoms with E-state index in [1.165, 1.54) is 10.5 Å². The van der Waals surface area contributed by atoms with Crippen LogP contribution in [0.15, 0.2) is 72.8 Å². The van der Waals surface area contributed by atoms with Gasteiger partial charge >= 0.3 is 6.09 Å². The highest BCUT2D eigenvalue weighted by Gasteiger charge is 2.34. The van der Waals surface area contributed by atoms with E-state index >= 15 is 0 Å². The molecule has 39 heavy (non-hydrogen) atoms. The molecule has 202 valence electrons. The second-order valence-electron chi connectivity index (χ2n) is 9.90. The number of ether oxygens (including phenoxy) is 2. The lowest BCUT2D eigenvalue weighted by Gasteiger charge is -2.41. The largest absolute Gasteiger partial charge is 0.497 e. The molecule has 0 spiro atoms. The number of fused-ring (bicyclic) bond motifs is 1. The van der Waals surface area contributed by atoms with Crippen LogP contribution >= 0.6 is 0 Å². The molecule has 3 aromatic carbocycles. The van der Waals surface area contributed by atoms with Crippen LogP contribution in [0.3, 0.4) is 0 Å². The number of benzene rings is 3. The normalized spacial score (nSPS) is 15.5. The van der Waals surface area contributed by atoms with Gasteiger partial charge in [0, 0.05) is 44.4 Å². The Morgan fingerprint density at radius 1 is 0.949 bits per heavy atom. The Balaban J connectivity index is 1.29. The van der Waals surface area contributed by atoms with E-state index in [1.54, 1.807) is 37.3 Å². The van der Waals surface area contributed by atoms with Crippen LogP contribution in [0.5, 0.6) is 5.75 Å². The first kappa shape index (κ1) is 26.3. The number of rotatable bonds is 6. The minimum Gasteiger partial charge on any atom is -0.497 e. The van der Waals surface area contributed by atoms with Crippen molar-refractivity contribution in [1.29, 1.82) is 0 Å². The number of hydrogen-bond acceptors (Lipinski definition) is 5. The number of aryl methyl sites for hydroxylation is 1. The van der Waals surface area contributed by atoms with Crippen LogP contribution in [0.4, 0.5) is 16.2 Å². The number of amides is 3. The number of methoxy groups -OCH3 is 1. The molecule has 0 atom stereocenters. The number of carbonyl (C=O) groups is 3. The summed E-state index contributed by atoms with van der Waals surface area (Å²) in [6, 6.07) is 22.6. The van der Waals surface area contributed by atoms with E-state index in [0.29, 0.717) is 49.4 Å². The van der Waals surface area contributed by atoms with Gasteiger partial charge in [-0.3, -0.25) is 14.5 Å². The molecule has 8 nitrogen and oxygen atoms in total. The first-order valence-electron chi connectivity index (χ1n) is 13.3. The first-order chi connectivity index (χ1) is 19.0. The minimum atomic E-state index is -0.567. The van der Waals surface area contributed by atoms with Gasteiger partial charge in [0.1, 0.15) is 12.4 Å². The molecule has 0 N–H and O–H groups in total. The highest BCUT2D eigenvalue weighted by molar-refractivity contribution is 6.04. The lowest BCUT2D eigenvalue weighted by molar-refractivity contribution is -0.119. The van der Waals surface area contributed by atoms with Gasteiger partial charge in [-0.1, -0.05) is 48.5 Å². The number of piperidine rings is 1. The first-order valence-corrected chi connectivity index (χ1v) is 13.3. The van der Waals surface area contributed by atoms with Gasteiger partial charge in [-0.15, -0.1) is 0 Å². The maximum Gasteiger partial charge on any atom is 0.414 e. The van der Waals surface area contributed by atoms with Gasteiger partial charge in [0.15, 0.2) is 0 Å². The molecule has 8 heteroatoms. The predicted molar refractivity (Wildman–Crippen MR) is 149 cm³/mol. The average molecular weight is 528 g/mol. The Morgan fingerprint density at radius 2 is 1.67 bits per heavy atom. The van der Waals surface area contributed by atoms with E-state index in [2.05, 4.69) is 6.07 Å². The number of likely N-dealkylation sites (tertiary alicyclic amines) is 1. The highest BCUT2D eigenvalue weighted by atomic mass is 16.6. The monoisotopic (exact) mass is 527 g/mol. The van der Waals surface area contributed by atoms with Crippen LogP contribution in [-0.2, 0) is 22.6 Å². The molecule has 0 aromatic heterocycles. The van der Waals surface area contributed by atoms with E-state index in [-0.39, 0.29) is 24.5 Å². The van der Waals surface area contributed by atoms with E-state index in [0.717, 1.165) is 17.7 Å². The number of carbonyl (C=O) groups excluding carboxylic acids is 3. The highest BCUT2D eigenvalue weighted by Crippen LogP contribution is 2.33. The quantitative estimate of drug-likeness (QED) is 0.448. The fraction of sp³-hybridized carbons (Fsp3) is 0.323. The molecule has 2 aliphatic heterocycles. The second kappa shape index (κ2) is 11.6. The molecule has 0 radical (unpaired) electrons. The molecule has 0 unspecified atom stereocenters. The molecule has 0 bridgehead atoms. The number of para-hydroxylation sites is 1. The summed E-state index contributed by atoms with van der Waals surface area (Å²) < 4.78 is 10.9. The summed E-state index contributed by atoms with van der Waals surface area (Å²) in [6.07, 6.45) is 2.09. The topological polar surface area (TPSA) is 79.4 Å². The third-order valence-electron chi connectivity index (χ3n) is 7.52. The van der Waals surface area contributed by atoms with E-state index in [9.17, 15) is 14.4 Å². The number of hydrogen-bond donors (Lipinski definition) is 0. The van der Waals surface area contributed by atoms with E-state index < -0.39 is 6.09 Å². The van der Waals surface area contributed by atoms with Gasteiger partial charge in [-0.05, 0) is 48.6 Å². The van der Waals surface area contributed by atoms with Crippen molar-refractivity contribution in [2.24, 2.45) is 0 Å². The Bertz CT molecular complexity index is 1350. The average Bonchev–Trinajstić information content (AvgIpc) is 2.99. The second-order valence-corrected chi connectivity index (χ2v) is 9.90. The van der Waals surface area contributed by atoms with Crippen LogP contribution < -0.4 is 14.5 Å². The van der Waals surface area contributed by atoms with Gasteiger partial charge in [-0.25, -0.2) is 4.79 Å². The number of anilines is 2. The molecule has 3 aromatic rings. The lowest BCUT2D eigenvalue weighted by atomic mass is 9.95. The molecule has 3 amide bonds. The van der Waals surface area contributed by atoms with E-state index in [1.807, 2.05) is 53.4 Å². The van der Waals surface area contributed by atoms with Crippen LogP contribution in [0.2, 0.25) is 0 Å². The summed E-state index contributed by atoms with van der Waals surface area (Å²) >= 11 is 0. The fourth-order valence-corrected chi connectivity index (χ4v) is 5.36. The predicted octanol–water partition coefficient (Wildman–Crippen LogP) is 5.05. The Kier molecular flexibility index (Phi) is 7.81. The van der Waals surface area contributed by atoms with Crippen molar-refractivity contribution in [3.05, 3.63) is 89.5 Å².